The molecule has 1 aromatic carbocycles. The molecule has 2 aromatic rings. The van der Waals surface area contributed by atoms with Crippen molar-refractivity contribution in [3.05, 3.63) is 47.4 Å². The van der Waals surface area contributed by atoms with E-state index in [0.717, 1.165) is 12.0 Å². The summed E-state index contributed by atoms with van der Waals surface area (Å²) in [5.41, 5.74) is 1.18. The minimum absolute atomic E-state index is 0.0619. The fourth-order valence-corrected chi connectivity index (χ4v) is 4.63. The van der Waals surface area contributed by atoms with E-state index in [9.17, 15) is 4.79 Å². The second kappa shape index (κ2) is 5.86. The van der Waals surface area contributed by atoms with Crippen molar-refractivity contribution in [3.8, 4) is 5.75 Å². The molecule has 0 aliphatic carbocycles. The van der Waals surface area contributed by atoms with E-state index in [2.05, 4.69) is 47.8 Å². The van der Waals surface area contributed by atoms with Crippen LogP contribution in [0.4, 0.5) is 0 Å². The number of ketones is 1. The van der Waals surface area contributed by atoms with Crippen LogP contribution in [0.2, 0.25) is 0 Å². The average Bonchev–Trinajstić information content (AvgIpc) is 2.67. The molecular weight excluding hydrogens is 448 g/mol. The van der Waals surface area contributed by atoms with Crippen molar-refractivity contribution in [2.24, 2.45) is 0 Å². The molecule has 2 nitrogen and oxygen atoms in total. The van der Waals surface area contributed by atoms with Gasteiger partial charge >= 0.3 is 0 Å². The first kappa shape index (κ1) is 14.2. The summed E-state index contributed by atoms with van der Waals surface area (Å²) in [7, 11) is 1.55. The largest absolute Gasteiger partial charge is 0.496 e. The average molecular weight is 455 g/mol. The van der Waals surface area contributed by atoms with Gasteiger partial charge in [-0.3, -0.25) is 4.79 Å². The molecule has 6 heteroatoms. The van der Waals surface area contributed by atoms with Crippen LogP contribution in [0.5, 0.6) is 5.75 Å². The molecule has 0 aliphatic heterocycles. The molecule has 0 aliphatic rings. The van der Waals surface area contributed by atoms with Gasteiger partial charge in [-0.2, -0.15) is 0 Å². The van der Waals surface area contributed by atoms with Crippen LogP contribution in [0.15, 0.2) is 36.3 Å². The Morgan fingerprint density at radius 1 is 1.17 bits per heavy atom. The molecule has 0 saturated carbocycles. The normalized spacial score (nSPS) is 10.4. The number of rotatable bonds is 3. The number of hydrogen-bond donors (Lipinski definition) is 0. The predicted octanol–water partition coefficient (Wildman–Crippen LogP) is 5.28. The van der Waals surface area contributed by atoms with E-state index in [-0.39, 0.29) is 5.78 Å². The number of thiophene rings is 1. The lowest BCUT2D eigenvalue weighted by Crippen LogP contribution is -2.03. The number of methoxy groups -OCH3 is 1. The summed E-state index contributed by atoms with van der Waals surface area (Å²) >= 11 is 11.6. The van der Waals surface area contributed by atoms with Gasteiger partial charge in [0.25, 0.3) is 0 Å². The van der Waals surface area contributed by atoms with Crippen molar-refractivity contribution in [3.63, 3.8) is 0 Å². The number of benzene rings is 1. The van der Waals surface area contributed by atoms with Gasteiger partial charge in [0, 0.05) is 10.0 Å². The number of halogens is 3. The molecule has 0 N–H and O–H groups in total. The van der Waals surface area contributed by atoms with Crippen molar-refractivity contribution in [1.29, 1.82) is 0 Å². The molecule has 2 rings (SSSR count). The fraction of sp³-hybridized carbons (Fsp3) is 0.0833. The third-order valence-electron chi connectivity index (χ3n) is 2.31. The van der Waals surface area contributed by atoms with Crippen LogP contribution in [-0.2, 0) is 0 Å². The SMILES string of the molecule is COc1cc(Br)ccc1C(=O)c1cc(Br)sc1Br. The standard InChI is InChI=1S/C12H7Br3O2S/c1-17-9-4-6(13)2-3-7(9)11(16)8-5-10(14)18-12(8)15/h2-5H,1H3. The monoisotopic (exact) mass is 452 g/mol. The molecule has 0 saturated heterocycles. The topological polar surface area (TPSA) is 26.3 Å². The van der Waals surface area contributed by atoms with E-state index in [0.29, 0.717) is 16.9 Å². The highest BCUT2D eigenvalue weighted by Crippen LogP contribution is 2.35. The maximum atomic E-state index is 12.4. The molecule has 0 unspecified atom stereocenters. The van der Waals surface area contributed by atoms with Gasteiger partial charge in [-0.15, -0.1) is 11.3 Å². The smallest absolute Gasteiger partial charge is 0.198 e. The number of carbonyl (C=O) groups excluding carboxylic acids is 1. The molecule has 1 aromatic heterocycles. The van der Waals surface area contributed by atoms with Crippen LogP contribution < -0.4 is 4.74 Å². The lowest BCUT2D eigenvalue weighted by atomic mass is 10.1. The van der Waals surface area contributed by atoms with E-state index < -0.39 is 0 Å². The molecule has 0 spiro atoms. The Labute approximate surface area is 134 Å². The minimum atomic E-state index is -0.0619. The van der Waals surface area contributed by atoms with Crippen molar-refractivity contribution >= 4 is 64.9 Å². The van der Waals surface area contributed by atoms with Gasteiger partial charge in [0.15, 0.2) is 5.78 Å². The Bertz CT molecular complexity index is 607. The minimum Gasteiger partial charge on any atom is -0.496 e. The first-order valence-electron chi connectivity index (χ1n) is 4.86. The molecule has 0 atom stereocenters. The summed E-state index contributed by atoms with van der Waals surface area (Å²) in [5, 5.41) is 0. The molecule has 0 radical (unpaired) electrons. The van der Waals surface area contributed by atoms with Crippen molar-refractivity contribution in [2.45, 2.75) is 0 Å². The van der Waals surface area contributed by atoms with E-state index in [4.69, 9.17) is 4.74 Å². The van der Waals surface area contributed by atoms with Gasteiger partial charge in [-0.25, -0.2) is 0 Å². The number of carbonyl (C=O) groups is 1. The van der Waals surface area contributed by atoms with Crippen LogP contribution >= 0.6 is 59.1 Å². The van der Waals surface area contributed by atoms with Crippen LogP contribution in [-0.4, -0.2) is 12.9 Å². The summed E-state index contributed by atoms with van der Waals surface area (Å²) < 4.78 is 7.84. The summed E-state index contributed by atoms with van der Waals surface area (Å²) in [5.74, 6) is 0.497. The molecule has 0 bridgehead atoms. The van der Waals surface area contributed by atoms with Crippen molar-refractivity contribution in [2.75, 3.05) is 7.11 Å². The molecule has 0 fully saturated rings. The Balaban J connectivity index is 2.49. The third-order valence-corrected chi connectivity index (χ3v) is 5.14. The zero-order chi connectivity index (χ0) is 13.3. The second-order valence-electron chi connectivity index (χ2n) is 3.41. The zero-order valence-corrected chi connectivity index (χ0v) is 14.7. The van der Waals surface area contributed by atoms with Gasteiger partial charge in [-0.1, -0.05) is 15.9 Å². The van der Waals surface area contributed by atoms with Gasteiger partial charge < -0.3 is 4.74 Å². The van der Waals surface area contributed by atoms with E-state index >= 15 is 0 Å². The first-order valence-corrected chi connectivity index (χ1v) is 8.05. The molecule has 1 heterocycles. The van der Waals surface area contributed by atoms with E-state index in [1.54, 1.807) is 25.3 Å². The summed E-state index contributed by atoms with van der Waals surface area (Å²) in [4.78, 5) is 12.4. The molecule has 18 heavy (non-hydrogen) atoms. The quantitative estimate of drug-likeness (QED) is 0.590. The van der Waals surface area contributed by atoms with Crippen molar-refractivity contribution < 1.29 is 9.53 Å². The highest BCUT2D eigenvalue weighted by molar-refractivity contribution is 9.12. The van der Waals surface area contributed by atoms with Crippen LogP contribution in [0, 0.1) is 0 Å². The zero-order valence-electron chi connectivity index (χ0n) is 9.17. The number of ether oxygens (including phenoxy) is 1. The third kappa shape index (κ3) is 2.87. The summed E-state index contributed by atoms with van der Waals surface area (Å²) in [6.07, 6.45) is 0. The maximum Gasteiger partial charge on any atom is 0.198 e. The number of hydrogen-bond acceptors (Lipinski definition) is 3. The van der Waals surface area contributed by atoms with E-state index in [1.165, 1.54) is 11.3 Å². The van der Waals surface area contributed by atoms with Crippen LogP contribution in [0.25, 0.3) is 0 Å². The van der Waals surface area contributed by atoms with Gasteiger partial charge in [0.05, 0.1) is 20.2 Å². The van der Waals surface area contributed by atoms with Crippen LogP contribution in [0.1, 0.15) is 15.9 Å². The van der Waals surface area contributed by atoms with Crippen molar-refractivity contribution in [1.82, 2.24) is 0 Å². The Morgan fingerprint density at radius 2 is 1.89 bits per heavy atom. The van der Waals surface area contributed by atoms with Gasteiger partial charge in [0.1, 0.15) is 5.75 Å². The maximum absolute atomic E-state index is 12.4. The lowest BCUT2D eigenvalue weighted by Gasteiger charge is -2.07. The Hall–Kier alpha value is -0.170. The Morgan fingerprint density at radius 3 is 2.44 bits per heavy atom. The fourth-order valence-electron chi connectivity index (χ4n) is 1.49. The molecule has 0 amide bonds. The predicted molar refractivity (Wildman–Crippen MR) is 83.8 cm³/mol. The second-order valence-corrected chi connectivity index (χ2v) is 8.08. The van der Waals surface area contributed by atoms with Gasteiger partial charge in [0.2, 0.25) is 0 Å². The summed E-state index contributed by atoms with van der Waals surface area (Å²) in [6.45, 7) is 0. The van der Waals surface area contributed by atoms with E-state index in [1.807, 2.05) is 6.07 Å². The first-order chi connectivity index (χ1) is 8.52. The highest BCUT2D eigenvalue weighted by atomic mass is 79.9. The van der Waals surface area contributed by atoms with Crippen LogP contribution in [0.3, 0.4) is 0 Å². The molecule has 94 valence electrons. The molecular formula is C12H7Br3O2S. The summed E-state index contributed by atoms with van der Waals surface area (Å²) in [6, 6.07) is 7.16. The Kier molecular flexibility index (Phi) is 4.64. The van der Waals surface area contributed by atoms with Gasteiger partial charge in [-0.05, 0) is 56.1 Å². The lowest BCUT2D eigenvalue weighted by molar-refractivity contribution is 0.103. The highest BCUT2D eigenvalue weighted by Gasteiger charge is 2.19.